The van der Waals surface area contributed by atoms with Gasteiger partial charge in [-0.1, -0.05) is 0 Å². The summed E-state index contributed by atoms with van der Waals surface area (Å²) in [7, 11) is 0. The standard InChI is InChI=1S/C10H15N3O2/c1-7(11)13-5-4-10(6-13)3-2-8(14)12-9(10)15/h11H,2-6H2,1H3,(H,12,14,15). The van der Waals surface area contributed by atoms with Gasteiger partial charge in [0.05, 0.1) is 11.3 Å². The van der Waals surface area contributed by atoms with Gasteiger partial charge in [0.1, 0.15) is 0 Å². The second kappa shape index (κ2) is 3.32. The highest BCUT2D eigenvalue weighted by Crippen LogP contribution is 2.37. The van der Waals surface area contributed by atoms with Crippen LogP contribution >= 0.6 is 0 Å². The van der Waals surface area contributed by atoms with Gasteiger partial charge in [-0.15, -0.1) is 0 Å². The second-order valence-corrected chi connectivity index (χ2v) is 4.41. The van der Waals surface area contributed by atoms with E-state index in [2.05, 4.69) is 5.32 Å². The molecule has 5 nitrogen and oxygen atoms in total. The fraction of sp³-hybridized carbons (Fsp3) is 0.700. The Morgan fingerprint density at radius 1 is 1.47 bits per heavy atom. The van der Waals surface area contributed by atoms with Gasteiger partial charge in [0.2, 0.25) is 11.8 Å². The first-order valence-corrected chi connectivity index (χ1v) is 5.18. The van der Waals surface area contributed by atoms with Crippen LogP contribution in [0, 0.1) is 10.8 Å². The summed E-state index contributed by atoms with van der Waals surface area (Å²) in [6, 6.07) is 0. The summed E-state index contributed by atoms with van der Waals surface area (Å²) in [6.07, 6.45) is 1.81. The third-order valence-corrected chi connectivity index (χ3v) is 3.39. The van der Waals surface area contributed by atoms with E-state index in [0.717, 1.165) is 13.0 Å². The van der Waals surface area contributed by atoms with Crippen molar-refractivity contribution in [1.82, 2.24) is 10.2 Å². The van der Waals surface area contributed by atoms with Crippen molar-refractivity contribution in [1.29, 1.82) is 5.41 Å². The molecule has 0 saturated carbocycles. The molecule has 2 rings (SSSR count). The Bertz CT molecular complexity index is 340. The van der Waals surface area contributed by atoms with Crippen LogP contribution in [-0.4, -0.2) is 35.6 Å². The number of nitrogens with zero attached hydrogens (tertiary/aromatic N) is 1. The smallest absolute Gasteiger partial charge is 0.234 e. The van der Waals surface area contributed by atoms with Gasteiger partial charge in [0.15, 0.2) is 0 Å². The zero-order chi connectivity index (χ0) is 11.1. The van der Waals surface area contributed by atoms with Crippen molar-refractivity contribution in [3.8, 4) is 0 Å². The fourth-order valence-electron chi connectivity index (χ4n) is 2.34. The van der Waals surface area contributed by atoms with E-state index in [-0.39, 0.29) is 11.8 Å². The molecule has 2 amide bonds. The monoisotopic (exact) mass is 209 g/mol. The summed E-state index contributed by atoms with van der Waals surface area (Å²) >= 11 is 0. The molecule has 82 valence electrons. The fourth-order valence-corrected chi connectivity index (χ4v) is 2.34. The summed E-state index contributed by atoms with van der Waals surface area (Å²) in [6.45, 7) is 3.06. The Labute approximate surface area is 88.3 Å². The number of amidine groups is 1. The minimum Gasteiger partial charge on any atom is -0.360 e. The van der Waals surface area contributed by atoms with E-state index >= 15 is 0 Å². The van der Waals surface area contributed by atoms with Gasteiger partial charge in [0, 0.05) is 19.5 Å². The lowest BCUT2D eigenvalue weighted by molar-refractivity contribution is -0.141. The molecule has 2 N–H and O–H groups in total. The van der Waals surface area contributed by atoms with E-state index in [1.165, 1.54) is 0 Å². The highest BCUT2D eigenvalue weighted by atomic mass is 16.2. The Morgan fingerprint density at radius 3 is 2.73 bits per heavy atom. The number of amides is 2. The first-order valence-electron chi connectivity index (χ1n) is 5.18. The summed E-state index contributed by atoms with van der Waals surface area (Å²) in [5.74, 6) is 0.176. The topological polar surface area (TPSA) is 73.3 Å². The SMILES string of the molecule is CC(=N)N1CCC2(CCC(=O)NC2=O)C1. The molecule has 0 bridgehead atoms. The molecule has 2 saturated heterocycles. The van der Waals surface area contributed by atoms with Crippen molar-refractivity contribution >= 4 is 17.6 Å². The number of rotatable bonds is 0. The minimum atomic E-state index is -0.420. The molecule has 0 aliphatic carbocycles. The Kier molecular flexibility index (Phi) is 2.25. The first-order chi connectivity index (χ1) is 7.03. The Balaban J connectivity index is 2.12. The number of piperidine rings is 1. The van der Waals surface area contributed by atoms with E-state index < -0.39 is 5.41 Å². The second-order valence-electron chi connectivity index (χ2n) is 4.41. The quantitative estimate of drug-likeness (QED) is 0.338. The Morgan fingerprint density at radius 2 is 2.20 bits per heavy atom. The molecule has 0 aromatic heterocycles. The van der Waals surface area contributed by atoms with Gasteiger partial charge in [0.25, 0.3) is 0 Å². The predicted octanol–water partition coefficient (Wildman–Crippen LogP) is 0.112. The molecular weight excluding hydrogens is 194 g/mol. The molecule has 5 heteroatoms. The van der Waals surface area contributed by atoms with Crippen LogP contribution in [0.1, 0.15) is 26.2 Å². The van der Waals surface area contributed by atoms with Crippen molar-refractivity contribution in [2.75, 3.05) is 13.1 Å². The number of hydrogen-bond acceptors (Lipinski definition) is 3. The van der Waals surface area contributed by atoms with Crippen molar-refractivity contribution in [2.24, 2.45) is 5.41 Å². The molecule has 0 radical (unpaired) electrons. The maximum atomic E-state index is 11.8. The normalized spacial score (nSPS) is 30.9. The highest BCUT2D eigenvalue weighted by Gasteiger charge is 2.47. The molecular formula is C10H15N3O2. The average molecular weight is 209 g/mol. The minimum absolute atomic E-state index is 0.150. The van der Waals surface area contributed by atoms with Crippen LogP contribution in [-0.2, 0) is 9.59 Å². The van der Waals surface area contributed by atoms with Crippen molar-refractivity contribution in [2.45, 2.75) is 26.2 Å². The maximum Gasteiger partial charge on any atom is 0.234 e. The molecule has 2 heterocycles. The van der Waals surface area contributed by atoms with Crippen molar-refractivity contribution in [3.05, 3.63) is 0 Å². The summed E-state index contributed by atoms with van der Waals surface area (Å²) in [4.78, 5) is 24.7. The summed E-state index contributed by atoms with van der Waals surface area (Å²) in [5, 5.41) is 9.92. The Hall–Kier alpha value is -1.39. The maximum absolute atomic E-state index is 11.8. The zero-order valence-corrected chi connectivity index (χ0v) is 8.80. The number of likely N-dealkylation sites (tertiary alicyclic amines) is 1. The predicted molar refractivity (Wildman–Crippen MR) is 54.4 cm³/mol. The van der Waals surface area contributed by atoms with Gasteiger partial charge in [-0.3, -0.25) is 20.3 Å². The van der Waals surface area contributed by atoms with Crippen LogP contribution in [0.5, 0.6) is 0 Å². The molecule has 2 aliphatic heterocycles. The molecule has 1 spiro atoms. The van der Waals surface area contributed by atoms with Crippen LogP contribution in [0.3, 0.4) is 0 Å². The summed E-state index contributed by atoms with van der Waals surface area (Å²) < 4.78 is 0. The number of carbonyl (C=O) groups is 2. The number of imide groups is 1. The van der Waals surface area contributed by atoms with Gasteiger partial charge >= 0.3 is 0 Å². The molecule has 0 aromatic rings. The first kappa shape index (κ1) is 10.1. The van der Waals surface area contributed by atoms with Crippen LogP contribution < -0.4 is 5.32 Å². The number of hydrogen-bond donors (Lipinski definition) is 2. The zero-order valence-electron chi connectivity index (χ0n) is 8.80. The highest BCUT2D eigenvalue weighted by molar-refractivity contribution is 6.01. The third-order valence-electron chi connectivity index (χ3n) is 3.39. The lowest BCUT2D eigenvalue weighted by Crippen LogP contribution is -2.50. The average Bonchev–Trinajstić information content (AvgIpc) is 2.58. The molecule has 2 aliphatic rings. The number of nitrogens with one attached hydrogen (secondary N) is 2. The molecule has 0 aromatic carbocycles. The molecule has 1 unspecified atom stereocenters. The van der Waals surface area contributed by atoms with E-state index in [0.29, 0.717) is 25.2 Å². The summed E-state index contributed by atoms with van der Waals surface area (Å²) in [5.41, 5.74) is -0.420. The number of carbonyl (C=O) groups excluding carboxylic acids is 2. The van der Waals surface area contributed by atoms with E-state index in [9.17, 15) is 9.59 Å². The van der Waals surface area contributed by atoms with E-state index in [4.69, 9.17) is 5.41 Å². The van der Waals surface area contributed by atoms with Crippen LogP contribution in [0.4, 0.5) is 0 Å². The van der Waals surface area contributed by atoms with Gasteiger partial charge in [-0.2, -0.15) is 0 Å². The van der Waals surface area contributed by atoms with Crippen LogP contribution in [0.2, 0.25) is 0 Å². The van der Waals surface area contributed by atoms with Crippen LogP contribution in [0.25, 0.3) is 0 Å². The van der Waals surface area contributed by atoms with E-state index in [1.54, 1.807) is 6.92 Å². The largest absolute Gasteiger partial charge is 0.360 e. The lowest BCUT2D eigenvalue weighted by atomic mass is 9.79. The molecule has 1 atom stereocenters. The molecule has 15 heavy (non-hydrogen) atoms. The van der Waals surface area contributed by atoms with Crippen molar-refractivity contribution < 1.29 is 9.59 Å². The third kappa shape index (κ3) is 1.62. The lowest BCUT2D eigenvalue weighted by Gasteiger charge is -2.31. The van der Waals surface area contributed by atoms with E-state index in [1.807, 2.05) is 4.90 Å². The molecule has 2 fully saturated rings. The van der Waals surface area contributed by atoms with Gasteiger partial charge in [-0.05, 0) is 19.8 Å². The van der Waals surface area contributed by atoms with Crippen molar-refractivity contribution in [3.63, 3.8) is 0 Å². The van der Waals surface area contributed by atoms with Crippen LogP contribution in [0.15, 0.2) is 0 Å². The van der Waals surface area contributed by atoms with Gasteiger partial charge < -0.3 is 4.90 Å². The van der Waals surface area contributed by atoms with Gasteiger partial charge in [-0.25, -0.2) is 0 Å².